The average molecular weight is 256 g/mol. The molecule has 0 spiro atoms. The molecule has 2 aromatic carbocycles. The van der Waals surface area contributed by atoms with Crippen molar-refractivity contribution in [1.29, 1.82) is 0 Å². The van der Waals surface area contributed by atoms with Crippen LogP contribution in [0.1, 0.15) is 6.92 Å². The quantitative estimate of drug-likeness (QED) is 0.646. The summed E-state index contributed by atoms with van der Waals surface area (Å²) in [5, 5.41) is 8.19. The fraction of sp³-hybridized carbons (Fsp3) is 0.143. The summed E-state index contributed by atoms with van der Waals surface area (Å²) in [4.78, 5) is 0. The predicted octanol–water partition coefficient (Wildman–Crippen LogP) is 3.67. The molecule has 0 bridgehead atoms. The number of ether oxygens (including phenoxy) is 1. The van der Waals surface area contributed by atoms with E-state index in [2.05, 4.69) is 10.2 Å². The van der Waals surface area contributed by atoms with Gasteiger partial charge in [0.2, 0.25) is 0 Å². The monoisotopic (exact) mass is 256 g/mol. The molecule has 2 rings (SSSR count). The molecule has 0 radical (unpaired) electrons. The zero-order valence-corrected chi connectivity index (χ0v) is 10.7. The number of rotatable bonds is 4. The average Bonchev–Trinajstić information content (AvgIpc) is 2.40. The van der Waals surface area contributed by atoms with Crippen LogP contribution in [0.2, 0.25) is 0 Å². The van der Waals surface area contributed by atoms with Gasteiger partial charge in [-0.2, -0.15) is 5.11 Å². The first-order valence-corrected chi connectivity index (χ1v) is 5.99. The van der Waals surface area contributed by atoms with Gasteiger partial charge in [-0.3, -0.25) is 0 Å². The molecule has 0 saturated carbocycles. The number of nitrogens with zero attached hydrogens (tertiary/aromatic N) is 2. The van der Waals surface area contributed by atoms with Crippen molar-refractivity contribution < 1.29 is 4.74 Å². The number of nitrogens with two attached hydrogens (primary N) is 2. The summed E-state index contributed by atoms with van der Waals surface area (Å²) in [6.45, 7) is 2.58. The van der Waals surface area contributed by atoms with Crippen molar-refractivity contribution in [2.24, 2.45) is 10.2 Å². The molecule has 5 heteroatoms. The number of hydrogen-bond acceptors (Lipinski definition) is 5. The Hall–Kier alpha value is -2.56. The van der Waals surface area contributed by atoms with Gasteiger partial charge in [0.15, 0.2) is 0 Å². The van der Waals surface area contributed by atoms with Crippen LogP contribution in [0.3, 0.4) is 0 Å². The largest absolute Gasteiger partial charge is 0.494 e. The number of azo groups is 1. The Morgan fingerprint density at radius 3 is 2.16 bits per heavy atom. The first-order chi connectivity index (χ1) is 9.20. The van der Waals surface area contributed by atoms with Gasteiger partial charge in [0.05, 0.1) is 23.7 Å². The number of benzene rings is 2. The summed E-state index contributed by atoms with van der Waals surface area (Å²) in [6.07, 6.45) is 0. The lowest BCUT2D eigenvalue weighted by atomic mass is 10.2. The molecule has 0 atom stereocenters. The highest BCUT2D eigenvalue weighted by Gasteiger charge is 2.01. The Balaban J connectivity index is 2.18. The summed E-state index contributed by atoms with van der Waals surface area (Å²) >= 11 is 0. The molecule has 19 heavy (non-hydrogen) atoms. The molecule has 0 fully saturated rings. The highest BCUT2D eigenvalue weighted by Crippen LogP contribution is 2.30. The van der Waals surface area contributed by atoms with E-state index < -0.39 is 0 Å². The molecule has 2 aromatic rings. The van der Waals surface area contributed by atoms with Crippen LogP contribution in [0.4, 0.5) is 22.7 Å². The Labute approximate surface area is 111 Å². The normalized spacial score (nSPS) is 10.8. The molecule has 5 nitrogen and oxygen atoms in total. The molecule has 0 aliphatic rings. The van der Waals surface area contributed by atoms with E-state index in [0.717, 1.165) is 5.75 Å². The molecule has 0 aliphatic heterocycles. The van der Waals surface area contributed by atoms with E-state index in [1.165, 1.54) is 0 Å². The van der Waals surface area contributed by atoms with Gasteiger partial charge in [0, 0.05) is 0 Å². The van der Waals surface area contributed by atoms with Gasteiger partial charge in [-0.05, 0) is 43.3 Å². The Kier molecular flexibility index (Phi) is 3.97. The second kappa shape index (κ2) is 5.86. The summed E-state index contributed by atoms with van der Waals surface area (Å²) in [7, 11) is 0. The van der Waals surface area contributed by atoms with Crippen molar-refractivity contribution in [3.8, 4) is 5.75 Å². The predicted molar refractivity (Wildman–Crippen MR) is 77.1 cm³/mol. The highest BCUT2D eigenvalue weighted by molar-refractivity contribution is 5.75. The lowest BCUT2D eigenvalue weighted by molar-refractivity contribution is 0.340. The maximum Gasteiger partial charge on any atom is 0.131 e. The van der Waals surface area contributed by atoms with E-state index in [1.54, 1.807) is 18.2 Å². The van der Waals surface area contributed by atoms with Gasteiger partial charge >= 0.3 is 0 Å². The van der Waals surface area contributed by atoms with E-state index in [1.807, 2.05) is 31.2 Å². The van der Waals surface area contributed by atoms with Crippen molar-refractivity contribution in [1.82, 2.24) is 0 Å². The first kappa shape index (κ1) is 12.9. The highest BCUT2D eigenvalue weighted by atomic mass is 16.5. The van der Waals surface area contributed by atoms with Gasteiger partial charge < -0.3 is 16.2 Å². The summed E-state index contributed by atoms with van der Waals surface area (Å²) < 4.78 is 5.35. The van der Waals surface area contributed by atoms with Gasteiger partial charge in [-0.15, -0.1) is 5.11 Å². The first-order valence-electron chi connectivity index (χ1n) is 5.99. The second-order valence-electron chi connectivity index (χ2n) is 3.91. The standard InChI is InChI=1S/C14H16N4O/c1-2-19-11-8-6-10(7-9-11)17-18-14-12(15)4-3-5-13(14)16/h3-9H,2,15-16H2,1H3. The van der Waals surface area contributed by atoms with Crippen molar-refractivity contribution in [2.75, 3.05) is 18.1 Å². The van der Waals surface area contributed by atoms with E-state index in [4.69, 9.17) is 16.2 Å². The topological polar surface area (TPSA) is 86.0 Å². The zero-order chi connectivity index (χ0) is 13.7. The number of hydrogen-bond donors (Lipinski definition) is 2. The molecule has 0 amide bonds. The molecule has 4 N–H and O–H groups in total. The van der Waals surface area contributed by atoms with E-state index in [-0.39, 0.29) is 0 Å². The summed E-state index contributed by atoms with van der Waals surface area (Å²) in [5.41, 5.74) is 13.8. The fourth-order valence-electron chi connectivity index (χ4n) is 1.58. The van der Waals surface area contributed by atoms with Crippen LogP contribution in [0, 0.1) is 0 Å². The lowest BCUT2D eigenvalue weighted by Crippen LogP contribution is -1.90. The third-order valence-corrected chi connectivity index (χ3v) is 2.51. The van der Waals surface area contributed by atoms with E-state index in [9.17, 15) is 0 Å². The third kappa shape index (κ3) is 3.22. The summed E-state index contributed by atoms with van der Waals surface area (Å²) in [5.74, 6) is 0.806. The molecule has 0 heterocycles. The maximum absolute atomic E-state index is 5.80. The number of anilines is 2. The van der Waals surface area contributed by atoms with Gasteiger partial charge in [0.1, 0.15) is 11.4 Å². The number of nitrogen functional groups attached to an aromatic ring is 2. The van der Waals surface area contributed by atoms with Crippen LogP contribution in [0.15, 0.2) is 52.7 Å². The molecular formula is C14H16N4O. The van der Waals surface area contributed by atoms with Crippen LogP contribution >= 0.6 is 0 Å². The minimum absolute atomic E-state index is 0.497. The SMILES string of the molecule is CCOc1ccc(N=Nc2c(N)cccc2N)cc1. The second-order valence-corrected chi connectivity index (χ2v) is 3.91. The van der Waals surface area contributed by atoms with Crippen LogP contribution < -0.4 is 16.2 Å². The van der Waals surface area contributed by atoms with Crippen molar-refractivity contribution in [3.05, 3.63) is 42.5 Å². The van der Waals surface area contributed by atoms with Crippen molar-refractivity contribution >= 4 is 22.7 Å². The van der Waals surface area contributed by atoms with Gasteiger partial charge in [-0.1, -0.05) is 6.07 Å². The van der Waals surface area contributed by atoms with E-state index in [0.29, 0.717) is 29.4 Å². The molecular weight excluding hydrogens is 240 g/mol. The van der Waals surface area contributed by atoms with Crippen LogP contribution in [-0.2, 0) is 0 Å². The smallest absolute Gasteiger partial charge is 0.131 e. The fourth-order valence-corrected chi connectivity index (χ4v) is 1.58. The molecule has 0 saturated heterocycles. The third-order valence-electron chi connectivity index (χ3n) is 2.51. The lowest BCUT2D eigenvalue weighted by Gasteiger charge is -2.03. The van der Waals surface area contributed by atoms with Crippen molar-refractivity contribution in [2.45, 2.75) is 6.92 Å². The minimum atomic E-state index is 0.497. The molecule has 0 unspecified atom stereocenters. The van der Waals surface area contributed by atoms with Crippen LogP contribution in [0.5, 0.6) is 5.75 Å². The minimum Gasteiger partial charge on any atom is -0.494 e. The molecule has 0 aliphatic carbocycles. The Morgan fingerprint density at radius 2 is 1.58 bits per heavy atom. The van der Waals surface area contributed by atoms with Gasteiger partial charge in [-0.25, -0.2) is 0 Å². The van der Waals surface area contributed by atoms with Crippen LogP contribution in [-0.4, -0.2) is 6.61 Å². The van der Waals surface area contributed by atoms with E-state index >= 15 is 0 Å². The molecule has 0 aromatic heterocycles. The van der Waals surface area contributed by atoms with Gasteiger partial charge in [0.25, 0.3) is 0 Å². The zero-order valence-electron chi connectivity index (χ0n) is 10.7. The Morgan fingerprint density at radius 1 is 0.947 bits per heavy atom. The summed E-state index contributed by atoms with van der Waals surface area (Å²) in [6, 6.07) is 12.6. The maximum atomic E-state index is 5.80. The molecule has 98 valence electrons. The Bertz CT molecular complexity index is 558. The van der Waals surface area contributed by atoms with Crippen LogP contribution in [0.25, 0.3) is 0 Å². The van der Waals surface area contributed by atoms with Crippen molar-refractivity contribution in [3.63, 3.8) is 0 Å².